The Morgan fingerprint density at radius 2 is 2.17 bits per heavy atom. The summed E-state index contributed by atoms with van der Waals surface area (Å²) in [6.45, 7) is 0.318. The summed E-state index contributed by atoms with van der Waals surface area (Å²) in [6, 6.07) is 0. The van der Waals surface area contributed by atoms with Crippen LogP contribution in [0.3, 0.4) is 0 Å². The van der Waals surface area contributed by atoms with Crippen LogP contribution < -0.4 is 5.32 Å². The van der Waals surface area contributed by atoms with Crippen LogP contribution in [-0.4, -0.2) is 32.2 Å². The van der Waals surface area contributed by atoms with E-state index in [0.29, 0.717) is 6.54 Å². The van der Waals surface area contributed by atoms with Crippen LogP contribution in [-0.2, 0) is 4.74 Å². The number of nitrogens with one attached hydrogen (secondary N) is 1. The van der Waals surface area contributed by atoms with Gasteiger partial charge in [-0.1, -0.05) is 0 Å². The van der Waals surface area contributed by atoms with Gasteiger partial charge in [0.2, 0.25) is 0 Å². The minimum atomic E-state index is -2.26. The minimum Gasteiger partial charge on any atom is -0.377 e. The van der Waals surface area contributed by atoms with Gasteiger partial charge in [-0.15, -0.1) is 0 Å². The quantitative estimate of drug-likeness (QED) is 0.689. The van der Waals surface area contributed by atoms with Gasteiger partial charge in [0.05, 0.1) is 12.1 Å². The third kappa shape index (κ3) is 2.38. The van der Waals surface area contributed by atoms with Crippen LogP contribution in [0.1, 0.15) is 19.3 Å². The zero-order valence-corrected chi connectivity index (χ0v) is 7.28. The minimum absolute atomic E-state index is 0.144. The third-order valence-corrected chi connectivity index (χ3v) is 2.44. The number of alkyl halides is 2. The lowest BCUT2D eigenvalue weighted by molar-refractivity contribution is -0.0707. The molecule has 0 amide bonds. The van der Waals surface area contributed by atoms with Crippen molar-refractivity contribution in [3.05, 3.63) is 0 Å². The van der Waals surface area contributed by atoms with Crippen molar-refractivity contribution in [1.82, 2.24) is 5.32 Å². The van der Waals surface area contributed by atoms with E-state index in [2.05, 4.69) is 5.32 Å². The van der Waals surface area contributed by atoms with E-state index in [1.165, 1.54) is 0 Å². The number of rotatable bonds is 5. The first kappa shape index (κ1) is 9.86. The second-order valence-electron chi connectivity index (χ2n) is 3.26. The Balaban J connectivity index is 2.12. The lowest BCUT2D eigenvalue weighted by Crippen LogP contribution is -2.48. The summed E-state index contributed by atoms with van der Waals surface area (Å²) in [5, 5.41) is 2.70. The van der Waals surface area contributed by atoms with Crippen LogP contribution in [0.25, 0.3) is 0 Å². The first-order chi connectivity index (χ1) is 5.68. The molecule has 1 N–H and O–H groups in total. The third-order valence-electron chi connectivity index (χ3n) is 2.44. The van der Waals surface area contributed by atoms with E-state index in [4.69, 9.17) is 4.74 Å². The largest absolute Gasteiger partial charge is 0.377 e. The molecule has 1 aliphatic carbocycles. The Bertz CT molecular complexity index is 132. The first-order valence-corrected chi connectivity index (χ1v) is 4.22. The molecule has 0 saturated heterocycles. The van der Waals surface area contributed by atoms with Gasteiger partial charge in [0.25, 0.3) is 6.43 Å². The summed E-state index contributed by atoms with van der Waals surface area (Å²) in [4.78, 5) is 0. The number of hydrogen-bond acceptors (Lipinski definition) is 2. The van der Waals surface area contributed by atoms with Gasteiger partial charge >= 0.3 is 0 Å². The van der Waals surface area contributed by atoms with Crippen LogP contribution >= 0.6 is 0 Å². The topological polar surface area (TPSA) is 21.3 Å². The van der Waals surface area contributed by atoms with E-state index >= 15 is 0 Å². The molecule has 0 spiro atoms. The summed E-state index contributed by atoms with van der Waals surface area (Å²) >= 11 is 0. The molecule has 0 bridgehead atoms. The molecule has 1 fully saturated rings. The van der Waals surface area contributed by atoms with Gasteiger partial charge in [-0.2, -0.15) is 0 Å². The lowest BCUT2D eigenvalue weighted by Gasteiger charge is -2.40. The second kappa shape index (κ2) is 4.14. The summed E-state index contributed by atoms with van der Waals surface area (Å²) in [5.74, 6) is 0. The second-order valence-corrected chi connectivity index (χ2v) is 3.26. The molecule has 1 aliphatic rings. The fourth-order valence-corrected chi connectivity index (χ4v) is 1.43. The van der Waals surface area contributed by atoms with Gasteiger partial charge in [0.15, 0.2) is 0 Å². The molecule has 72 valence electrons. The number of ether oxygens (including phenoxy) is 1. The summed E-state index contributed by atoms with van der Waals surface area (Å²) in [6.07, 6.45) is 0.850. The highest BCUT2D eigenvalue weighted by Crippen LogP contribution is 2.34. The molecule has 4 heteroatoms. The van der Waals surface area contributed by atoms with Crippen LogP contribution in [0.4, 0.5) is 8.78 Å². The standard InChI is InChI=1S/C8H15F2NO/c1-12-8(3-2-4-8)6-11-5-7(9)10/h7,11H,2-6H2,1H3. The monoisotopic (exact) mass is 179 g/mol. The van der Waals surface area contributed by atoms with E-state index < -0.39 is 6.43 Å². The lowest BCUT2D eigenvalue weighted by atomic mass is 9.80. The van der Waals surface area contributed by atoms with E-state index in [9.17, 15) is 8.78 Å². The number of hydrogen-bond donors (Lipinski definition) is 1. The fraction of sp³-hybridized carbons (Fsp3) is 1.00. The molecule has 0 atom stereocenters. The van der Waals surface area contributed by atoms with Crippen LogP contribution in [0, 0.1) is 0 Å². The zero-order valence-electron chi connectivity index (χ0n) is 7.28. The van der Waals surface area contributed by atoms with Gasteiger partial charge in [0.1, 0.15) is 0 Å². The van der Waals surface area contributed by atoms with Crippen molar-refractivity contribution in [2.24, 2.45) is 0 Å². The van der Waals surface area contributed by atoms with E-state index in [1.807, 2.05) is 0 Å². The van der Waals surface area contributed by atoms with Crippen molar-refractivity contribution in [3.63, 3.8) is 0 Å². The van der Waals surface area contributed by atoms with Crippen molar-refractivity contribution in [3.8, 4) is 0 Å². The average molecular weight is 179 g/mol. The Morgan fingerprint density at radius 1 is 1.50 bits per heavy atom. The van der Waals surface area contributed by atoms with E-state index in [-0.39, 0.29) is 12.1 Å². The zero-order chi connectivity index (χ0) is 9.03. The predicted octanol–water partition coefficient (Wildman–Crippen LogP) is 1.41. The Labute approximate surface area is 71.3 Å². The maximum Gasteiger partial charge on any atom is 0.250 e. The number of methoxy groups -OCH3 is 1. The van der Waals surface area contributed by atoms with Gasteiger partial charge in [-0.3, -0.25) is 0 Å². The predicted molar refractivity (Wildman–Crippen MR) is 42.5 cm³/mol. The molecule has 1 rings (SSSR count). The van der Waals surface area contributed by atoms with Crippen molar-refractivity contribution < 1.29 is 13.5 Å². The Hall–Kier alpha value is -0.220. The maximum atomic E-state index is 11.7. The molecule has 2 nitrogen and oxygen atoms in total. The molecule has 0 heterocycles. The maximum absolute atomic E-state index is 11.7. The van der Waals surface area contributed by atoms with E-state index in [0.717, 1.165) is 19.3 Å². The number of halogens is 2. The SMILES string of the molecule is COC1(CNCC(F)F)CCC1. The van der Waals surface area contributed by atoms with Crippen molar-refractivity contribution in [2.75, 3.05) is 20.2 Å². The highest BCUT2D eigenvalue weighted by atomic mass is 19.3. The molecule has 0 aromatic rings. The molecule has 0 aromatic heterocycles. The van der Waals surface area contributed by atoms with E-state index in [1.54, 1.807) is 7.11 Å². The van der Waals surface area contributed by atoms with Crippen LogP contribution in [0.5, 0.6) is 0 Å². The normalized spacial score (nSPS) is 21.0. The summed E-state index contributed by atoms with van der Waals surface area (Å²) < 4.78 is 28.7. The molecule has 1 saturated carbocycles. The fourth-order valence-electron chi connectivity index (χ4n) is 1.43. The molecule has 0 aromatic carbocycles. The highest BCUT2D eigenvalue weighted by molar-refractivity contribution is 4.91. The van der Waals surface area contributed by atoms with Crippen molar-refractivity contribution in [2.45, 2.75) is 31.3 Å². The molecule has 0 aliphatic heterocycles. The summed E-state index contributed by atoms with van der Waals surface area (Å²) in [7, 11) is 1.64. The van der Waals surface area contributed by atoms with Crippen molar-refractivity contribution >= 4 is 0 Å². The van der Waals surface area contributed by atoms with Crippen LogP contribution in [0.2, 0.25) is 0 Å². The molecule has 0 radical (unpaired) electrons. The molecule has 0 unspecified atom stereocenters. The average Bonchev–Trinajstić information content (AvgIpc) is 1.94. The van der Waals surface area contributed by atoms with Gasteiger partial charge < -0.3 is 10.1 Å². The van der Waals surface area contributed by atoms with Gasteiger partial charge in [-0.05, 0) is 19.3 Å². The highest BCUT2D eigenvalue weighted by Gasteiger charge is 2.36. The smallest absolute Gasteiger partial charge is 0.250 e. The Kier molecular flexibility index (Phi) is 3.40. The summed E-state index contributed by atoms with van der Waals surface area (Å²) in [5.41, 5.74) is -0.144. The van der Waals surface area contributed by atoms with Crippen molar-refractivity contribution in [1.29, 1.82) is 0 Å². The molecular weight excluding hydrogens is 164 g/mol. The molecular formula is C8H15F2NO. The van der Waals surface area contributed by atoms with Gasteiger partial charge in [0, 0.05) is 13.7 Å². The first-order valence-electron chi connectivity index (χ1n) is 4.22. The van der Waals surface area contributed by atoms with Crippen LogP contribution in [0.15, 0.2) is 0 Å². The van der Waals surface area contributed by atoms with Gasteiger partial charge in [-0.25, -0.2) is 8.78 Å². The Morgan fingerprint density at radius 3 is 2.50 bits per heavy atom. The molecule has 12 heavy (non-hydrogen) atoms.